The zero-order chi connectivity index (χ0) is 14.2. The Bertz CT molecular complexity index is 472. The maximum atomic E-state index is 12.5. The van der Waals surface area contributed by atoms with Gasteiger partial charge >= 0.3 is 0 Å². The summed E-state index contributed by atoms with van der Waals surface area (Å²) < 4.78 is 1.68. The highest BCUT2D eigenvalue weighted by molar-refractivity contribution is 5.92. The summed E-state index contributed by atoms with van der Waals surface area (Å²) in [5, 5.41) is 4.45. The van der Waals surface area contributed by atoms with Gasteiger partial charge in [-0.1, -0.05) is 20.8 Å². The molecule has 19 heavy (non-hydrogen) atoms. The number of amides is 1. The van der Waals surface area contributed by atoms with E-state index in [0.717, 1.165) is 25.1 Å². The third-order valence-electron chi connectivity index (χ3n) is 3.61. The summed E-state index contributed by atoms with van der Waals surface area (Å²) in [6.07, 6.45) is 1.99. The summed E-state index contributed by atoms with van der Waals surface area (Å²) in [5.41, 5.74) is 7.49. The van der Waals surface area contributed by atoms with E-state index in [2.05, 4.69) is 25.9 Å². The number of hydrogen-bond donors (Lipinski definition) is 1. The second kappa shape index (κ2) is 4.96. The molecule has 2 heterocycles. The van der Waals surface area contributed by atoms with Crippen molar-refractivity contribution in [3.05, 3.63) is 17.5 Å². The Labute approximate surface area is 114 Å². The number of carbonyl (C=O) groups excluding carboxylic acids is 1. The lowest BCUT2D eigenvalue weighted by molar-refractivity contribution is 0.0697. The van der Waals surface area contributed by atoms with Crippen LogP contribution in [0.1, 0.15) is 49.8 Å². The number of nitrogens with two attached hydrogens (primary N) is 1. The molecule has 1 atom stereocenters. The van der Waals surface area contributed by atoms with E-state index in [1.807, 2.05) is 18.0 Å². The smallest absolute Gasteiger partial charge is 0.272 e. The zero-order valence-corrected chi connectivity index (χ0v) is 12.3. The van der Waals surface area contributed by atoms with Gasteiger partial charge < -0.3 is 10.6 Å². The maximum Gasteiger partial charge on any atom is 0.272 e. The average Bonchev–Trinajstić information content (AvgIpc) is 2.70. The van der Waals surface area contributed by atoms with E-state index in [0.29, 0.717) is 12.2 Å². The normalized spacial score (nSPS) is 20.7. The molecule has 0 aromatic carbocycles. The van der Waals surface area contributed by atoms with E-state index < -0.39 is 0 Å². The van der Waals surface area contributed by atoms with Crippen LogP contribution in [0.2, 0.25) is 0 Å². The van der Waals surface area contributed by atoms with Gasteiger partial charge in [0, 0.05) is 31.6 Å². The quantitative estimate of drug-likeness (QED) is 0.831. The van der Waals surface area contributed by atoms with Crippen LogP contribution in [0, 0.1) is 0 Å². The Balaban J connectivity index is 2.22. The monoisotopic (exact) mass is 264 g/mol. The van der Waals surface area contributed by atoms with Gasteiger partial charge in [0.05, 0.1) is 5.69 Å². The molecule has 2 N–H and O–H groups in total. The van der Waals surface area contributed by atoms with Crippen molar-refractivity contribution in [2.75, 3.05) is 13.1 Å². The number of rotatable bonds is 1. The molecule has 0 radical (unpaired) electrons. The van der Waals surface area contributed by atoms with Crippen molar-refractivity contribution in [2.24, 2.45) is 12.8 Å². The number of aromatic nitrogens is 2. The average molecular weight is 264 g/mol. The Morgan fingerprint density at radius 2 is 2.16 bits per heavy atom. The molecular formula is C14H24N4O. The largest absolute Gasteiger partial charge is 0.336 e. The number of aryl methyl sites for hydroxylation is 1. The van der Waals surface area contributed by atoms with Crippen molar-refractivity contribution in [1.82, 2.24) is 14.7 Å². The van der Waals surface area contributed by atoms with E-state index in [1.165, 1.54) is 0 Å². The van der Waals surface area contributed by atoms with Crippen LogP contribution in [0.5, 0.6) is 0 Å². The molecule has 1 aliphatic rings. The maximum absolute atomic E-state index is 12.5. The molecule has 0 saturated carbocycles. The second-order valence-corrected chi connectivity index (χ2v) is 6.44. The highest BCUT2D eigenvalue weighted by atomic mass is 16.2. The van der Waals surface area contributed by atoms with Gasteiger partial charge in [-0.25, -0.2) is 0 Å². The second-order valence-electron chi connectivity index (χ2n) is 6.44. The molecular weight excluding hydrogens is 240 g/mol. The van der Waals surface area contributed by atoms with Gasteiger partial charge in [0.15, 0.2) is 0 Å². The van der Waals surface area contributed by atoms with Crippen LogP contribution < -0.4 is 5.73 Å². The van der Waals surface area contributed by atoms with Crippen molar-refractivity contribution in [1.29, 1.82) is 0 Å². The highest BCUT2D eigenvalue weighted by Crippen LogP contribution is 2.22. The minimum absolute atomic E-state index is 0.0423. The number of nitrogens with zero attached hydrogens (tertiary/aromatic N) is 3. The Morgan fingerprint density at radius 1 is 1.47 bits per heavy atom. The molecule has 0 spiro atoms. The minimum atomic E-state index is -0.0470. The van der Waals surface area contributed by atoms with Crippen LogP contribution in [0.3, 0.4) is 0 Å². The first kappa shape index (κ1) is 14.1. The van der Waals surface area contributed by atoms with Gasteiger partial charge in [0.25, 0.3) is 5.91 Å². The van der Waals surface area contributed by atoms with E-state index in [-0.39, 0.29) is 17.4 Å². The van der Waals surface area contributed by atoms with Crippen LogP contribution in [-0.2, 0) is 12.5 Å². The lowest BCUT2D eigenvalue weighted by Gasteiger charge is -2.30. The van der Waals surface area contributed by atoms with Crippen molar-refractivity contribution < 1.29 is 4.79 Å². The van der Waals surface area contributed by atoms with Gasteiger partial charge in [-0.2, -0.15) is 5.10 Å². The molecule has 0 bridgehead atoms. The van der Waals surface area contributed by atoms with Gasteiger partial charge in [0.1, 0.15) is 5.69 Å². The summed E-state index contributed by atoms with van der Waals surface area (Å²) >= 11 is 0. The Kier molecular flexibility index (Phi) is 3.67. The highest BCUT2D eigenvalue weighted by Gasteiger charge is 2.27. The summed E-state index contributed by atoms with van der Waals surface area (Å²) in [6.45, 7) is 7.73. The summed E-state index contributed by atoms with van der Waals surface area (Å²) in [5.74, 6) is 0.0423. The first-order chi connectivity index (χ1) is 8.79. The topological polar surface area (TPSA) is 64.2 Å². The number of carbonyl (C=O) groups is 1. The van der Waals surface area contributed by atoms with Crippen molar-refractivity contribution in [3.8, 4) is 0 Å². The lowest BCUT2D eigenvalue weighted by Crippen LogP contribution is -2.46. The predicted octanol–water partition coefficient (Wildman–Crippen LogP) is 1.28. The molecule has 106 valence electrons. The van der Waals surface area contributed by atoms with E-state index in [9.17, 15) is 4.79 Å². The van der Waals surface area contributed by atoms with E-state index >= 15 is 0 Å². The number of hydrogen-bond acceptors (Lipinski definition) is 3. The zero-order valence-electron chi connectivity index (χ0n) is 12.3. The van der Waals surface area contributed by atoms with Crippen LogP contribution in [0.4, 0.5) is 0 Å². The Morgan fingerprint density at radius 3 is 2.68 bits per heavy atom. The molecule has 1 amide bonds. The molecule has 1 saturated heterocycles. The first-order valence-corrected chi connectivity index (χ1v) is 6.88. The van der Waals surface area contributed by atoms with E-state index in [4.69, 9.17) is 5.73 Å². The van der Waals surface area contributed by atoms with Crippen LogP contribution in [-0.4, -0.2) is 39.7 Å². The molecule has 0 aliphatic carbocycles. The van der Waals surface area contributed by atoms with Crippen molar-refractivity contribution >= 4 is 5.91 Å². The van der Waals surface area contributed by atoms with Gasteiger partial charge in [0.2, 0.25) is 0 Å². The SMILES string of the molecule is Cn1nc(C(C)(C)C)cc1C(=O)N1CCCC(N)C1. The third-order valence-corrected chi connectivity index (χ3v) is 3.61. The molecule has 2 rings (SSSR count). The fraction of sp³-hybridized carbons (Fsp3) is 0.714. The first-order valence-electron chi connectivity index (χ1n) is 6.88. The molecule has 1 aromatic heterocycles. The lowest BCUT2D eigenvalue weighted by atomic mass is 9.92. The third kappa shape index (κ3) is 2.97. The predicted molar refractivity (Wildman–Crippen MR) is 75.0 cm³/mol. The van der Waals surface area contributed by atoms with Gasteiger partial charge in [-0.05, 0) is 18.9 Å². The van der Waals surface area contributed by atoms with Crippen molar-refractivity contribution in [3.63, 3.8) is 0 Å². The number of likely N-dealkylation sites (tertiary alicyclic amines) is 1. The molecule has 1 aromatic rings. The van der Waals surface area contributed by atoms with Crippen LogP contribution in [0.15, 0.2) is 6.07 Å². The van der Waals surface area contributed by atoms with Crippen LogP contribution >= 0.6 is 0 Å². The molecule has 5 nitrogen and oxygen atoms in total. The molecule has 1 unspecified atom stereocenters. The fourth-order valence-corrected chi connectivity index (χ4v) is 2.39. The summed E-state index contributed by atoms with van der Waals surface area (Å²) in [7, 11) is 1.83. The van der Waals surface area contributed by atoms with Gasteiger partial charge in [-0.3, -0.25) is 9.48 Å². The minimum Gasteiger partial charge on any atom is -0.336 e. The standard InChI is InChI=1S/C14H24N4O/c1-14(2,3)12-8-11(17(4)16-12)13(19)18-7-5-6-10(15)9-18/h8,10H,5-7,9,15H2,1-4H3. The number of piperidine rings is 1. The molecule has 1 aliphatic heterocycles. The Hall–Kier alpha value is -1.36. The van der Waals surface area contributed by atoms with Gasteiger partial charge in [-0.15, -0.1) is 0 Å². The molecule has 1 fully saturated rings. The van der Waals surface area contributed by atoms with Crippen molar-refractivity contribution in [2.45, 2.75) is 45.1 Å². The molecule has 5 heteroatoms. The fourth-order valence-electron chi connectivity index (χ4n) is 2.39. The van der Waals surface area contributed by atoms with E-state index in [1.54, 1.807) is 4.68 Å². The van der Waals surface area contributed by atoms with Crippen LogP contribution in [0.25, 0.3) is 0 Å². The summed E-state index contributed by atoms with van der Waals surface area (Å²) in [6, 6.07) is 2.01. The summed E-state index contributed by atoms with van der Waals surface area (Å²) in [4.78, 5) is 14.4.